The van der Waals surface area contributed by atoms with Gasteiger partial charge >= 0.3 is 0 Å². The Morgan fingerprint density at radius 2 is 2.18 bits per heavy atom. The summed E-state index contributed by atoms with van der Waals surface area (Å²) in [5.41, 5.74) is 2.98. The number of aryl methyl sites for hydroxylation is 1. The third kappa shape index (κ3) is 3.67. The molecule has 0 bridgehead atoms. The minimum absolute atomic E-state index is 0.144. The molecule has 7 nitrogen and oxygen atoms in total. The maximum atomic E-state index is 12.7. The summed E-state index contributed by atoms with van der Waals surface area (Å²) in [4.78, 5) is 23.9. The van der Waals surface area contributed by atoms with Gasteiger partial charge in [-0.15, -0.1) is 0 Å². The number of ether oxygens (including phenoxy) is 1. The van der Waals surface area contributed by atoms with Crippen LogP contribution in [0.15, 0.2) is 36.7 Å². The minimum atomic E-state index is 0.144. The van der Waals surface area contributed by atoms with Gasteiger partial charge in [-0.2, -0.15) is 0 Å². The molecule has 0 N–H and O–H groups in total. The number of pyridine rings is 1. The Labute approximate surface area is 164 Å². The van der Waals surface area contributed by atoms with E-state index in [1.54, 1.807) is 13.3 Å². The molecule has 148 valence electrons. The Kier molecular flexibility index (Phi) is 5.43. The second-order valence-electron chi connectivity index (χ2n) is 7.41. The number of hydrogen-bond donors (Lipinski definition) is 0. The van der Waals surface area contributed by atoms with E-state index in [-0.39, 0.29) is 11.9 Å². The van der Waals surface area contributed by atoms with Crippen molar-refractivity contribution in [2.24, 2.45) is 0 Å². The molecule has 28 heavy (non-hydrogen) atoms. The molecule has 0 saturated heterocycles. The standard InChI is InChI=1S/C21H27N5O2/c1-16(15-28-2)26-19(23-18-7-4-10-22-21(18)26)8-3-9-20(27)25-13-12-24-11-5-6-17(24)14-25/h4-7,10-11,16H,3,8-9,12-15H2,1-2H3. The zero-order chi connectivity index (χ0) is 19.5. The van der Waals surface area contributed by atoms with Crippen LogP contribution in [0.5, 0.6) is 0 Å². The van der Waals surface area contributed by atoms with Crippen LogP contribution in [0.4, 0.5) is 0 Å². The van der Waals surface area contributed by atoms with Crippen molar-refractivity contribution in [1.29, 1.82) is 0 Å². The van der Waals surface area contributed by atoms with Gasteiger partial charge in [0, 0.05) is 51.1 Å². The fourth-order valence-electron chi connectivity index (χ4n) is 4.01. The maximum absolute atomic E-state index is 12.7. The molecular weight excluding hydrogens is 354 g/mol. The summed E-state index contributed by atoms with van der Waals surface area (Å²) in [5, 5.41) is 0. The highest BCUT2D eigenvalue weighted by molar-refractivity contribution is 5.76. The molecule has 0 aliphatic carbocycles. The zero-order valence-corrected chi connectivity index (χ0v) is 16.5. The molecule has 3 aromatic rings. The monoisotopic (exact) mass is 381 g/mol. The Balaban J connectivity index is 1.41. The summed E-state index contributed by atoms with van der Waals surface area (Å²) in [6, 6.07) is 8.16. The van der Waals surface area contributed by atoms with Gasteiger partial charge in [0.05, 0.1) is 19.2 Å². The molecule has 1 atom stereocenters. The van der Waals surface area contributed by atoms with Crippen LogP contribution in [0.2, 0.25) is 0 Å². The van der Waals surface area contributed by atoms with Crippen LogP contribution in [-0.4, -0.2) is 50.2 Å². The van der Waals surface area contributed by atoms with Crippen molar-refractivity contribution in [2.45, 2.75) is 45.3 Å². The van der Waals surface area contributed by atoms with Gasteiger partial charge in [-0.1, -0.05) is 0 Å². The van der Waals surface area contributed by atoms with Gasteiger partial charge in [-0.25, -0.2) is 9.97 Å². The van der Waals surface area contributed by atoms with Crippen LogP contribution in [0.25, 0.3) is 11.2 Å². The van der Waals surface area contributed by atoms with Gasteiger partial charge in [0.2, 0.25) is 5.91 Å². The summed E-state index contributed by atoms with van der Waals surface area (Å²) >= 11 is 0. The number of hydrogen-bond acceptors (Lipinski definition) is 4. The first-order chi connectivity index (χ1) is 13.7. The van der Waals surface area contributed by atoms with E-state index in [1.807, 2.05) is 23.1 Å². The van der Waals surface area contributed by atoms with Crippen molar-refractivity contribution < 1.29 is 9.53 Å². The number of carbonyl (C=O) groups is 1. The van der Waals surface area contributed by atoms with E-state index in [2.05, 4.69) is 33.3 Å². The van der Waals surface area contributed by atoms with Gasteiger partial charge in [0.25, 0.3) is 0 Å². The number of amides is 1. The topological polar surface area (TPSA) is 65.2 Å². The lowest BCUT2D eigenvalue weighted by Gasteiger charge is -2.28. The highest BCUT2D eigenvalue weighted by atomic mass is 16.5. The molecule has 0 fully saturated rings. The first kappa shape index (κ1) is 18.7. The predicted octanol–water partition coefficient (Wildman–Crippen LogP) is 2.81. The summed E-state index contributed by atoms with van der Waals surface area (Å²) in [7, 11) is 1.70. The third-order valence-electron chi connectivity index (χ3n) is 5.40. The Morgan fingerprint density at radius 3 is 3.04 bits per heavy atom. The van der Waals surface area contributed by atoms with Crippen molar-refractivity contribution in [3.63, 3.8) is 0 Å². The smallest absolute Gasteiger partial charge is 0.222 e. The summed E-state index contributed by atoms with van der Waals surface area (Å²) in [6.45, 7) is 5.08. The van der Waals surface area contributed by atoms with Crippen molar-refractivity contribution in [2.75, 3.05) is 20.3 Å². The Morgan fingerprint density at radius 1 is 1.29 bits per heavy atom. The quantitative estimate of drug-likeness (QED) is 0.631. The fourth-order valence-corrected chi connectivity index (χ4v) is 4.01. The number of nitrogens with zero attached hydrogens (tertiary/aromatic N) is 5. The number of fused-ring (bicyclic) bond motifs is 2. The number of rotatable bonds is 7. The molecule has 4 rings (SSSR count). The normalized spacial score (nSPS) is 15.0. The Bertz CT molecular complexity index is 961. The molecule has 1 aliphatic rings. The molecule has 0 spiro atoms. The maximum Gasteiger partial charge on any atom is 0.222 e. The van der Waals surface area contributed by atoms with E-state index in [1.165, 1.54) is 5.69 Å². The number of aromatic nitrogens is 4. The Hall–Kier alpha value is -2.67. The van der Waals surface area contributed by atoms with Crippen LogP contribution in [-0.2, 0) is 29.0 Å². The van der Waals surface area contributed by atoms with E-state index in [0.717, 1.165) is 42.9 Å². The highest BCUT2D eigenvalue weighted by Crippen LogP contribution is 2.21. The summed E-state index contributed by atoms with van der Waals surface area (Å²) < 4.78 is 9.70. The molecule has 3 aromatic heterocycles. The first-order valence-electron chi connectivity index (χ1n) is 9.90. The van der Waals surface area contributed by atoms with Crippen LogP contribution < -0.4 is 0 Å². The highest BCUT2D eigenvalue weighted by Gasteiger charge is 2.21. The van der Waals surface area contributed by atoms with Crippen LogP contribution in [0, 0.1) is 0 Å². The summed E-state index contributed by atoms with van der Waals surface area (Å²) in [5.74, 6) is 1.19. The van der Waals surface area contributed by atoms with Crippen molar-refractivity contribution in [1.82, 2.24) is 24.0 Å². The van der Waals surface area contributed by atoms with E-state index < -0.39 is 0 Å². The average Bonchev–Trinajstić information content (AvgIpc) is 3.31. The van der Waals surface area contributed by atoms with Crippen molar-refractivity contribution in [3.05, 3.63) is 48.2 Å². The van der Waals surface area contributed by atoms with E-state index >= 15 is 0 Å². The van der Waals surface area contributed by atoms with E-state index in [9.17, 15) is 4.79 Å². The van der Waals surface area contributed by atoms with Gasteiger partial charge in [0.15, 0.2) is 5.65 Å². The number of carbonyl (C=O) groups excluding carboxylic acids is 1. The van der Waals surface area contributed by atoms with Gasteiger partial charge in [-0.3, -0.25) is 4.79 Å². The lowest BCUT2D eigenvalue weighted by atomic mass is 10.2. The van der Waals surface area contributed by atoms with Crippen LogP contribution in [0.1, 0.15) is 37.3 Å². The second-order valence-corrected chi connectivity index (χ2v) is 7.41. The lowest BCUT2D eigenvalue weighted by molar-refractivity contribution is -0.132. The van der Waals surface area contributed by atoms with Gasteiger partial charge in [-0.05, 0) is 37.6 Å². The minimum Gasteiger partial charge on any atom is -0.383 e. The predicted molar refractivity (Wildman–Crippen MR) is 107 cm³/mol. The number of methoxy groups -OCH3 is 1. The largest absolute Gasteiger partial charge is 0.383 e. The van der Waals surface area contributed by atoms with Crippen LogP contribution >= 0.6 is 0 Å². The molecule has 4 heterocycles. The SMILES string of the molecule is COCC(C)n1c(CCCC(=O)N2CCn3cccc3C2)nc2cccnc21. The molecule has 1 aliphatic heterocycles. The van der Waals surface area contributed by atoms with E-state index in [0.29, 0.717) is 19.6 Å². The lowest BCUT2D eigenvalue weighted by Crippen LogP contribution is -2.37. The molecule has 7 heteroatoms. The van der Waals surface area contributed by atoms with Crippen molar-refractivity contribution in [3.8, 4) is 0 Å². The molecule has 0 radical (unpaired) electrons. The molecule has 0 aromatic carbocycles. The van der Waals surface area contributed by atoms with Crippen LogP contribution in [0.3, 0.4) is 0 Å². The molecular formula is C21H27N5O2. The van der Waals surface area contributed by atoms with Gasteiger partial charge in [0.1, 0.15) is 11.3 Å². The average molecular weight is 381 g/mol. The molecule has 1 amide bonds. The fraction of sp³-hybridized carbons (Fsp3) is 0.476. The van der Waals surface area contributed by atoms with E-state index in [4.69, 9.17) is 9.72 Å². The third-order valence-corrected chi connectivity index (χ3v) is 5.40. The van der Waals surface area contributed by atoms with Crippen molar-refractivity contribution >= 4 is 17.1 Å². The molecule has 1 unspecified atom stereocenters. The summed E-state index contributed by atoms with van der Waals surface area (Å²) in [6.07, 6.45) is 5.94. The second kappa shape index (κ2) is 8.14. The molecule has 0 saturated carbocycles. The zero-order valence-electron chi connectivity index (χ0n) is 16.5. The number of imidazole rings is 1. The first-order valence-corrected chi connectivity index (χ1v) is 9.90. The van der Waals surface area contributed by atoms with Gasteiger partial charge < -0.3 is 18.8 Å².